The molecular weight excluding hydrogens is 290 g/mol. The van der Waals surface area contributed by atoms with E-state index in [2.05, 4.69) is 32.8 Å². The standard InChI is InChI=1S/C18H31N3O2/c1-13(2)10-20(11-14(3)4)17(23)12-21-16(22)9-8-15(19-21)18(5,6)7/h8-9,13-14H,10-12H2,1-7H3. The summed E-state index contributed by atoms with van der Waals surface area (Å²) in [7, 11) is 0. The van der Waals surface area contributed by atoms with Crippen molar-refractivity contribution in [2.24, 2.45) is 11.8 Å². The molecule has 0 N–H and O–H groups in total. The maximum atomic E-state index is 12.6. The van der Waals surface area contributed by atoms with Gasteiger partial charge in [0.15, 0.2) is 0 Å². The third kappa shape index (κ3) is 6.16. The van der Waals surface area contributed by atoms with Crippen molar-refractivity contribution in [1.82, 2.24) is 14.7 Å². The van der Waals surface area contributed by atoms with E-state index >= 15 is 0 Å². The fraction of sp³-hybridized carbons (Fsp3) is 0.722. The van der Waals surface area contributed by atoms with Crippen LogP contribution in [0.15, 0.2) is 16.9 Å². The fourth-order valence-electron chi connectivity index (χ4n) is 2.35. The first-order valence-electron chi connectivity index (χ1n) is 8.37. The van der Waals surface area contributed by atoms with Crippen LogP contribution in [0.2, 0.25) is 0 Å². The average molecular weight is 321 g/mol. The zero-order valence-electron chi connectivity index (χ0n) is 15.6. The van der Waals surface area contributed by atoms with E-state index in [1.807, 2.05) is 25.7 Å². The Morgan fingerprint density at radius 1 is 1.13 bits per heavy atom. The first kappa shape index (κ1) is 19.4. The van der Waals surface area contributed by atoms with Gasteiger partial charge in [-0.15, -0.1) is 0 Å². The van der Waals surface area contributed by atoms with Crippen molar-refractivity contribution in [2.45, 2.75) is 60.4 Å². The van der Waals surface area contributed by atoms with Crippen molar-refractivity contribution in [3.63, 3.8) is 0 Å². The molecule has 1 heterocycles. The maximum Gasteiger partial charge on any atom is 0.267 e. The van der Waals surface area contributed by atoms with Gasteiger partial charge < -0.3 is 4.90 Å². The summed E-state index contributed by atoms with van der Waals surface area (Å²) >= 11 is 0. The minimum Gasteiger partial charge on any atom is -0.341 e. The molecule has 1 rings (SSSR count). The lowest BCUT2D eigenvalue weighted by molar-refractivity contribution is -0.133. The Bertz CT molecular complexity index is 573. The molecule has 1 aromatic heterocycles. The number of hydrogen-bond acceptors (Lipinski definition) is 3. The molecule has 130 valence electrons. The van der Waals surface area contributed by atoms with Crippen molar-refractivity contribution in [3.05, 3.63) is 28.2 Å². The SMILES string of the molecule is CC(C)CN(CC(C)C)C(=O)Cn1nc(C(C)(C)C)ccc1=O. The molecule has 1 amide bonds. The second-order valence-corrected chi connectivity index (χ2v) is 8.05. The van der Waals surface area contributed by atoms with Crippen LogP contribution in [0.1, 0.15) is 54.2 Å². The molecule has 0 spiro atoms. The first-order chi connectivity index (χ1) is 10.5. The summed E-state index contributed by atoms with van der Waals surface area (Å²) in [5.41, 5.74) is 0.415. The Morgan fingerprint density at radius 2 is 1.65 bits per heavy atom. The molecule has 0 unspecified atom stereocenters. The van der Waals surface area contributed by atoms with E-state index in [9.17, 15) is 9.59 Å². The summed E-state index contributed by atoms with van der Waals surface area (Å²) in [6.07, 6.45) is 0. The Morgan fingerprint density at radius 3 is 2.09 bits per heavy atom. The molecule has 0 bridgehead atoms. The van der Waals surface area contributed by atoms with Crippen LogP contribution in [-0.4, -0.2) is 33.7 Å². The average Bonchev–Trinajstić information content (AvgIpc) is 2.38. The van der Waals surface area contributed by atoms with Gasteiger partial charge in [-0.3, -0.25) is 9.59 Å². The molecule has 0 aliphatic heterocycles. The second kappa shape index (κ2) is 7.75. The molecule has 0 radical (unpaired) electrons. The van der Waals surface area contributed by atoms with Crippen molar-refractivity contribution in [3.8, 4) is 0 Å². The maximum absolute atomic E-state index is 12.6. The molecule has 23 heavy (non-hydrogen) atoms. The van der Waals surface area contributed by atoms with Gasteiger partial charge in [0.2, 0.25) is 5.91 Å². The lowest BCUT2D eigenvalue weighted by Gasteiger charge is -2.27. The van der Waals surface area contributed by atoms with Crippen molar-refractivity contribution < 1.29 is 4.79 Å². The number of aromatic nitrogens is 2. The van der Waals surface area contributed by atoms with Gasteiger partial charge in [-0.25, -0.2) is 4.68 Å². The summed E-state index contributed by atoms with van der Waals surface area (Å²) in [6, 6.07) is 3.24. The van der Waals surface area contributed by atoms with E-state index in [0.29, 0.717) is 24.9 Å². The Hall–Kier alpha value is -1.65. The van der Waals surface area contributed by atoms with E-state index < -0.39 is 0 Å². The van der Waals surface area contributed by atoms with Gasteiger partial charge in [-0.05, 0) is 17.9 Å². The largest absolute Gasteiger partial charge is 0.341 e. The first-order valence-corrected chi connectivity index (χ1v) is 8.37. The molecule has 0 aliphatic rings. The van der Waals surface area contributed by atoms with Crippen LogP contribution in [0.25, 0.3) is 0 Å². The van der Waals surface area contributed by atoms with Gasteiger partial charge in [-0.2, -0.15) is 5.10 Å². The van der Waals surface area contributed by atoms with Gasteiger partial charge in [0.25, 0.3) is 5.56 Å². The third-order valence-electron chi connectivity index (χ3n) is 3.44. The van der Waals surface area contributed by atoms with Gasteiger partial charge >= 0.3 is 0 Å². The summed E-state index contributed by atoms with van der Waals surface area (Å²) < 4.78 is 1.29. The Labute approximate surface area is 139 Å². The minimum absolute atomic E-state index is 0.00218. The molecule has 0 fully saturated rings. The molecule has 0 aliphatic carbocycles. The number of nitrogens with zero attached hydrogens (tertiary/aromatic N) is 3. The fourth-order valence-corrected chi connectivity index (χ4v) is 2.35. The second-order valence-electron chi connectivity index (χ2n) is 8.05. The van der Waals surface area contributed by atoms with Crippen molar-refractivity contribution in [2.75, 3.05) is 13.1 Å². The number of rotatable bonds is 6. The Kier molecular flexibility index (Phi) is 6.54. The van der Waals surface area contributed by atoms with Gasteiger partial charge in [-0.1, -0.05) is 48.5 Å². The highest BCUT2D eigenvalue weighted by Crippen LogP contribution is 2.18. The summed E-state index contributed by atoms with van der Waals surface area (Å²) in [6.45, 7) is 15.9. The molecule has 5 nitrogen and oxygen atoms in total. The predicted octanol–water partition coefficient (Wildman–Crippen LogP) is 2.68. The van der Waals surface area contributed by atoms with Crippen LogP contribution in [0.3, 0.4) is 0 Å². The highest BCUT2D eigenvalue weighted by molar-refractivity contribution is 5.75. The lowest BCUT2D eigenvalue weighted by Crippen LogP contribution is -2.41. The van der Waals surface area contributed by atoms with Gasteiger partial charge in [0.1, 0.15) is 6.54 Å². The zero-order valence-corrected chi connectivity index (χ0v) is 15.6. The van der Waals surface area contributed by atoms with E-state index in [1.54, 1.807) is 6.07 Å². The van der Waals surface area contributed by atoms with Crippen LogP contribution in [0.5, 0.6) is 0 Å². The molecule has 5 heteroatoms. The molecule has 0 saturated heterocycles. The van der Waals surface area contributed by atoms with Crippen LogP contribution in [0, 0.1) is 11.8 Å². The van der Waals surface area contributed by atoms with Crippen LogP contribution in [0.4, 0.5) is 0 Å². The van der Waals surface area contributed by atoms with Gasteiger partial charge in [0, 0.05) is 24.6 Å². The lowest BCUT2D eigenvalue weighted by atomic mass is 9.92. The summed E-state index contributed by atoms with van der Waals surface area (Å²) in [4.78, 5) is 26.5. The quantitative estimate of drug-likeness (QED) is 0.809. The molecule has 0 aromatic carbocycles. The zero-order chi connectivity index (χ0) is 17.8. The van der Waals surface area contributed by atoms with E-state index in [4.69, 9.17) is 0 Å². The smallest absolute Gasteiger partial charge is 0.267 e. The monoisotopic (exact) mass is 321 g/mol. The predicted molar refractivity (Wildman–Crippen MR) is 93.5 cm³/mol. The number of hydrogen-bond donors (Lipinski definition) is 0. The summed E-state index contributed by atoms with van der Waals surface area (Å²) in [5.74, 6) is 0.736. The molecule has 1 aromatic rings. The van der Waals surface area contributed by atoms with Gasteiger partial charge in [0.05, 0.1) is 5.69 Å². The molecule has 0 atom stereocenters. The Balaban J connectivity index is 2.99. The van der Waals surface area contributed by atoms with Crippen molar-refractivity contribution >= 4 is 5.91 Å². The summed E-state index contributed by atoms with van der Waals surface area (Å²) in [5, 5.41) is 4.38. The highest BCUT2D eigenvalue weighted by Gasteiger charge is 2.20. The van der Waals surface area contributed by atoms with Crippen LogP contribution in [-0.2, 0) is 16.8 Å². The normalized spacial score (nSPS) is 12.0. The topological polar surface area (TPSA) is 55.2 Å². The van der Waals surface area contributed by atoms with Crippen molar-refractivity contribution in [1.29, 1.82) is 0 Å². The third-order valence-corrected chi connectivity index (χ3v) is 3.44. The minimum atomic E-state index is -0.236. The number of carbonyl (C=O) groups excluding carboxylic acids is 1. The number of carbonyl (C=O) groups is 1. The molecule has 0 saturated carbocycles. The van der Waals surface area contributed by atoms with E-state index in [1.165, 1.54) is 10.7 Å². The molecular formula is C18H31N3O2. The van der Waals surface area contributed by atoms with E-state index in [-0.39, 0.29) is 23.4 Å². The van der Waals surface area contributed by atoms with Crippen LogP contribution < -0.4 is 5.56 Å². The van der Waals surface area contributed by atoms with Crippen LogP contribution >= 0.6 is 0 Å². The van der Waals surface area contributed by atoms with E-state index in [0.717, 1.165) is 5.69 Å². The number of amides is 1. The highest BCUT2D eigenvalue weighted by atomic mass is 16.2.